The lowest BCUT2D eigenvalue weighted by atomic mass is 10.1. The Morgan fingerprint density at radius 3 is 2.32 bits per heavy atom. The number of carbonyl (C=O) groups is 1. The first-order valence-electron chi connectivity index (χ1n) is 8.45. The average molecular weight is 396 g/mol. The molecule has 0 aliphatic heterocycles. The quantitative estimate of drug-likeness (QED) is 0.564. The molecule has 2 aromatic rings. The van der Waals surface area contributed by atoms with Gasteiger partial charge in [0.1, 0.15) is 0 Å². The Bertz CT molecular complexity index is 668. The van der Waals surface area contributed by atoms with Gasteiger partial charge in [-0.15, -0.1) is 0 Å². The first-order valence-corrected chi connectivity index (χ1v) is 10.4. The van der Waals surface area contributed by atoms with Crippen molar-refractivity contribution in [3.63, 3.8) is 0 Å². The fraction of sp³-hybridized carbons (Fsp3) is 0.350. The number of hydrogen-bond donors (Lipinski definition) is 1. The van der Waals surface area contributed by atoms with Crippen molar-refractivity contribution >= 4 is 40.9 Å². The highest BCUT2D eigenvalue weighted by molar-refractivity contribution is 7.98. The van der Waals surface area contributed by atoms with E-state index >= 15 is 0 Å². The van der Waals surface area contributed by atoms with E-state index in [2.05, 4.69) is 36.5 Å². The summed E-state index contributed by atoms with van der Waals surface area (Å²) in [5, 5.41) is 4.35. The molecule has 0 bridgehead atoms. The van der Waals surface area contributed by atoms with Crippen LogP contribution in [0.2, 0.25) is 10.0 Å². The standard InChI is InChI=1S/C20H23Cl2NOS/c1-2-15-6-8-16(9-7-15)10-11-20(24)23-12-13-25-14-17-18(21)4-3-5-19(17)22/h3-9H,2,10-14H2,1H3,(H,23,24). The van der Waals surface area contributed by atoms with E-state index in [1.807, 2.05) is 18.2 Å². The second kappa shape index (κ2) is 10.7. The van der Waals surface area contributed by atoms with Gasteiger partial charge in [0.15, 0.2) is 0 Å². The summed E-state index contributed by atoms with van der Waals surface area (Å²) in [6.07, 6.45) is 2.34. The zero-order chi connectivity index (χ0) is 18.1. The number of amides is 1. The summed E-state index contributed by atoms with van der Waals surface area (Å²) in [6.45, 7) is 2.79. The summed E-state index contributed by atoms with van der Waals surface area (Å²) >= 11 is 14.0. The van der Waals surface area contributed by atoms with Crippen LogP contribution in [0, 0.1) is 0 Å². The second-order valence-electron chi connectivity index (χ2n) is 5.77. The Labute approximate surface area is 164 Å². The molecule has 2 aromatic carbocycles. The lowest BCUT2D eigenvalue weighted by Gasteiger charge is -2.08. The van der Waals surface area contributed by atoms with Crippen LogP contribution in [0.1, 0.15) is 30.0 Å². The zero-order valence-corrected chi connectivity index (χ0v) is 16.7. The van der Waals surface area contributed by atoms with Gasteiger partial charge in [-0.1, -0.05) is 60.5 Å². The van der Waals surface area contributed by atoms with Gasteiger partial charge in [0.25, 0.3) is 0 Å². The van der Waals surface area contributed by atoms with Crippen LogP contribution in [0.15, 0.2) is 42.5 Å². The predicted molar refractivity (Wildman–Crippen MR) is 110 cm³/mol. The van der Waals surface area contributed by atoms with Gasteiger partial charge >= 0.3 is 0 Å². The molecule has 0 radical (unpaired) electrons. The van der Waals surface area contributed by atoms with Crippen molar-refractivity contribution in [3.05, 3.63) is 69.2 Å². The molecule has 2 nitrogen and oxygen atoms in total. The van der Waals surface area contributed by atoms with Gasteiger partial charge in [-0.05, 0) is 41.7 Å². The van der Waals surface area contributed by atoms with Crippen LogP contribution in [-0.4, -0.2) is 18.2 Å². The van der Waals surface area contributed by atoms with Crippen molar-refractivity contribution in [3.8, 4) is 0 Å². The molecule has 0 heterocycles. The Hall–Kier alpha value is -1.16. The van der Waals surface area contributed by atoms with Gasteiger partial charge in [-0.3, -0.25) is 4.79 Å². The van der Waals surface area contributed by atoms with E-state index in [0.29, 0.717) is 23.0 Å². The molecule has 0 spiro atoms. The molecule has 25 heavy (non-hydrogen) atoms. The van der Waals surface area contributed by atoms with E-state index in [1.165, 1.54) is 11.1 Å². The van der Waals surface area contributed by atoms with Gasteiger partial charge in [-0.25, -0.2) is 0 Å². The number of rotatable bonds is 9. The number of thioether (sulfide) groups is 1. The minimum atomic E-state index is 0.0935. The molecule has 1 amide bonds. The molecule has 0 saturated carbocycles. The summed E-state index contributed by atoms with van der Waals surface area (Å²) in [7, 11) is 0. The molecule has 0 aliphatic rings. The van der Waals surface area contributed by atoms with Crippen LogP contribution in [-0.2, 0) is 23.4 Å². The van der Waals surface area contributed by atoms with Crippen LogP contribution in [0.5, 0.6) is 0 Å². The van der Waals surface area contributed by atoms with Crippen molar-refractivity contribution in [2.24, 2.45) is 0 Å². The zero-order valence-electron chi connectivity index (χ0n) is 14.4. The van der Waals surface area contributed by atoms with Crippen LogP contribution in [0.4, 0.5) is 0 Å². The van der Waals surface area contributed by atoms with Gasteiger partial charge in [0, 0.05) is 34.5 Å². The SMILES string of the molecule is CCc1ccc(CCC(=O)NCCSCc2c(Cl)cccc2Cl)cc1. The fourth-order valence-electron chi connectivity index (χ4n) is 2.39. The summed E-state index contributed by atoms with van der Waals surface area (Å²) in [5.74, 6) is 1.67. The number of carbonyl (C=O) groups excluding carboxylic acids is 1. The summed E-state index contributed by atoms with van der Waals surface area (Å²) < 4.78 is 0. The van der Waals surface area contributed by atoms with E-state index in [4.69, 9.17) is 23.2 Å². The molecule has 0 aliphatic carbocycles. The monoisotopic (exact) mass is 395 g/mol. The lowest BCUT2D eigenvalue weighted by molar-refractivity contribution is -0.120. The van der Waals surface area contributed by atoms with E-state index < -0.39 is 0 Å². The number of nitrogens with one attached hydrogen (secondary N) is 1. The smallest absolute Gasteiger partial charge is 0.220 e. The van der Waals surface area contributed by atoms with Crippen molar-refractivity contribution in [2.45, 2.75) is 31.9 Å². The van der Waals surface area contributed by atoms with E-state index in [-0.39, 0.29) is 5.91 Å². The third-order valence-electron chi connectivity index (χ3n) is 3.95. The molecular formula is C20H23Cl2NOS. The number of benzene rings is 2. The van der Waals surface area contributed by atoms with Gasteiger partial charge in [0.05, 0.1) is 0 Å². The molecule has 134 valence electrons. The molecular weight excluding hydrogens is 373 g/mol. The van der Waals surface area contributed by atoms with Crippen LogP contribution in [0.25, 0.3) is 0 Å². The molecule has 0 unspecified atom stereocenters. The van der Waals surface area contributed by atoms with Gasteiger partial charge in [-0.2, -0.15) is 11.8 Å². The highest BCUT2D eigenvalue weighted by atomic mass is 35.5. The normalized spacial score (nSPS) is 10.7. The van der Waals surface area contributed by atoms with Crippen molar-refractivity contribution < 1.29 is 4.79 Å². The molecule has 0 aromatic heterocycles. The molecule has 1 N–H and O–H groups in total. The van der Waals surface area contributed by atoms with E-state index in [9.17, 15) is 4.79 Å². The molecule has 5 heteroatoms. The third kappa shape index (κ3) is 6.93. The van der Waals surface area contributed by atoms with Crippen LogP contribution in [0.3, 0.4) is 0 Å². The first kappa shape index (κ1) is 20.2. The van der Waals surface area contributed by atoms with E-state index in [0.717, 1.165) is 29.9 Å². The Morgan fingerprint density at radius 2 is 1.68 bits per heavy atom. The van der Waals surface area contributed by atoms with Crippen molar-refractivity contribution in [1.82, 2.24) is 5.32 Å². The minimum Gasteiger partial charge on any atom is -0.355 e. The predicted octanol–water partition coefficient (Wildman–Crippen LogP) is 5.54. The highest BCUT2D eigenvalue weighted by Crippen LogP contribution is 2.27. The maximum atomic E-state index is 11.9. The number of hydrogen-bond acceptors (Lipinski definition) is 2. The number of halogens is 2. The number of aryl methyl sites for hydroxylation is 2. The summed E-state index contributed by atoms with van der Waals surface area (Å²) in [5.41, 5.74) is 3.48. The lowest BCUT2D eigenvalue weighted by Crippen LogP contribution is -2.25. The van der Waals surface area contributed by atoms with E-state index in [1.54, 1.807) is 11.8 Å². The summed E-state index contributed by atoms with van der Waals surface area (Å²) in [6, 6.07) is 14.0. The Balaban J connectivity index is 1.62. The van der Waals surface area contributed by atoms with Gasteiger partial charge in [0.2, 0.25) is 5.91 Å². The maximum Gasteiger partial charge on any atom is 0.220 e. The highest BCUT2D eigenvalue weighted by Gasteiger charge is 2.06. The third-order valence-corrected chi connectivity index (χ3v) is 5.64. The first-order chi connectivity index (χ1) is 12.1. The van der Waals surface area contributed by atoms with Crippen molar-refractivity contribution in [2.75, 3.05) is 12.3 Å². The topological polar surface area (TPSA) is 29.1 Å². The Kier molecular flexibility index (Phi) is 8.66. The molecule has 0 atom stereocenters. The Morgan fingerprint density at radius 1 is 1.04 bits per heavy atom. The van der Waals surface area contributed by atoms with Crippen LogP contribution < -0.4 is 5.32 Å². The van der Waals surface area contributed by atoms with Crippen LogP contribution >= 0.6 is 35.0 Å². The molecule has 2 rings (SSSR count). The van der Waals surface area contributed by atoms with Crippen molar-refractivity contribution in [1.29, 1.82) is 0 Å². The van der Waals surface area contributed by atoms with Gasteiger partial charge < -0.3 is 5.32 Å². The maximum absolute atomic E-state index is 11.9. The average Bonchev–Trinajstić information content (AvgIpc) is 2.62. The largest absolute Gasteiger partial charge is 0.355 e. The molecule has 0 fully saturated rings. The summed E-state index contributed by atoms with van der Waals surface area (Å²) in [4.78, 5) is 11.9. The second-order valence-corrected chi connectivity index (χ2v) is 7.69. The molecule has 0 saturated heterocycles. The minimum absolute atomic E-state index is 0.0935. The fourth-order valence-corrected chi connectivity index (χ4v) is 3.99.